The number of hydrogen-bond acceptors (Lipinski definition) is 1. The van der Waals surface area contributed by atoms with Gasteiger partial charge in [0.2, 0.25) is 0 Å². The molecule has 0 bridgehead atoms. The number of phenols is 1. The molecule has 0 atom stereocenters. The highest BCUT2D eigenvalue weighted by molar-refractivity contribution is 6.36. The van der Waals surface area contributed by atoms with E-state index in [-0.39, 0.29) is 5.75 Å². The minimum absolute atomic E-state index is 0.124. The Hall–Kier alpha value is -1.18. The van der Waals surface area contributed by atoms with Gasteiger partial charge in [0.25, 0.3) is 0 Å². The van der Waals surface area contributed by atoms with Crippen molar-refractivity contribution in [1.82, 2.24) is 0 Å². The van der Waals surface area contributed by atoms with E-state index in [9.17, 15) is 5.11 Å². The summed E-state index contributed by atoms with van der Waals surface area (Å²) in [5, 5.41) is 9.36. The second-order valence-corrected chi connectivity index (χ2v) is 3.42. The molecule has 1 nitrogen and oxygen atoms in total. The van der Waals surface area contributed by atoms with Crippen molar-refractivity contribution in [3.05, 3.63) is 30.3 Å². The molecule has 0 amide bonds. The minimum Gasteiger partial charge on any atom is -0.509 e. The van der Waals surface area contributed by atoms with E-state index in [0.29, 0.717) is 11.4 Å². The molecule has 2 radical (unpaired) electrons. The molecule has 1 N–H and O–H groups in total. The number of benzene rings is 1. The zero-order valence-electron chi connectivity index (χ0n) is 8.04. The van der Waals surface area contributed by atoms with Crippen molar-refractivity contribution >= 4 is 18.9 Å². The zero-order chi connectivity index (χ0) is 10.0. The maximum atomic E-state index is 9.36. The first-order valence-electron chi connectivity index (χ1n) is 4.30. The van der Waals surface area contributed by atoms with Crippen LogP contribution < -0.4 is 5.46 Å². The lowest BCUT2D eigenvalue weighted by molar-refractivity contribution is 0.479. The molecule has 0 aromatic heterocycles. The Labute approximate surface area is 80.5 Å². The summed E-state index contributed by atoms with van der Waals surface area (Å²) in [6, 6.07) is 5.22. The molecule has 0 spiro atoms. The summed E-state index contributed by atoms with van der Waals surface area (Å²) in [4.78, 5) is 0. The van der Waals surface area contributed by atoms with Gasteiger partial charge < -0.3 is 5.11 Å². The summed E-state index contributed by atoms with van der Waals surface area (Å²) in [5.41, 5.74) is 2.21. The van der Waals surface area contributed by atoms with Crippen molar-refractivity contribution in [2.24, 2.45) is 5.92 Å². The lowest BCUT2D eigenvalue weighted by atomic mass is 9.83. The fourth-order valence-corrected chi connectivity index (χ4v) is 1.14. The van der Waals surface area contributed by atoms with Crippen LogP contribution in [-0.2, 0) is 0 Å². The second-order valence-electron chi connectivity index (χ2n) is 3.42. The van der Waals surface area contributed by atoms with Crippen LogP contribution in [0.1, 0.15) is 19.4 Å². The number of phenolic OH excluding ortho intramolecular Hbond substituents is 1. The molecule has 0 aliphatic heterocycles. The van der Waals surface area contributed by atoms with Crippen LogP contribution in [0.5, 0.6) is 5.75 Å². The zero-order valence-corrected chi connectivity index (χ0v) is 8.04. The van der Waals surface area contributed by atoms with Crippen LogP contribution >= 0.6 is 0 Å². The van der Waals surface area contributed by atoms with Gasteiger partial charge >= 0.3 is 0 Å². The molecule has 66 valence electrons. The number of aromatic hydroxyl groups is 1. The third kappa shape index (κ3) is 1.94. The van der Waals surface area contributed by atoms with E-state index in [1.165, 1.54) is 0 Å². The third-order valence-corrected chi connectivity index (χ3v) is 2.13. The van der Waals surface area contributed by atoms with Crippen molar-refractivity contribution in [3.8, 4) is 5.75 Å². The SMILES string of the molecule is [B]c1c(O)cccc1C(=C)C(C)C. The van der Waals surface area contributed by atoms with E-state index in [2.05, 4.69) is 6.58 Å². The van der Waals surface area contributed by atoms with Crippen LogP contribution in [-0.4, -0.2) is 13.0 Å². The second kappa shape index (κ2) is 3.69. The van der Waals surface area contributed by atoms with E-state index in [4.69, 9.17) is 7.85 Å². The Morgan fingerprint density at radius 1 is 1.46 bits per heavy atom. The maximum Gasteiger partial charge on any atom is 0.119 e. The van der Waals surface area contributed by atoms with Crippen LogP contribution in [0, 0.1) is 5.92 Å². The van der Waals surface area contributed by atoms with Crippen LogP contribution in [0.2, 0.25) is 0 Å². The molecule has 0 unspecified atom stereocenters. The van der Waals surface area contributed by atoms with E-state index in [1.807, 2.05) is 19.9 Å². The van der Waals surface area contributed by atoms with E-state index in [1.54, 1.807) is 12.1 Å². The highest BCUT2D eigenvalue weighted by Crippen LogP contribution is 2.21. The Morgan fingerprint density at radius 2 is 2.08 bits per heavy atom. The summed E-state index contributed by atoms with van der Waals surface area (Å²) in [5.74, 6) is 0.461. The third-order valence-electron chi connectivity index (χ3n) is 2.13. The van der Waals surface area contributed by atoms with Gasteiger partial charge in [0.05, 0.1) is 0 Å². The molecule has 1 rings (SSSR count). The van der Waals surface area contributed by atoms with Gasteiger partial charge in [0, 0.05) is 0 Å². The monoisotopic (exact) mass is 172 g/mol. The smallest absolute Gasteiger partial charge is 0.119 e. The molecule has 0 aliphatic rings. The molecular formula is C11H13BO. The molecule has 1 aromatic carbocycles. The van der Waals surface area contributed by atoms with Crippen LogP contribution in [0.25, 0.3) is 5.57 Å². The molecule has 2 heteroatoms. The molecule has 0 heterocycles. The fraction of sp³-hybridized carbons (Fsp3) is 0.273. The summed E-state index contributed by atoms with van der Waals surface area (Å²) >= 11 is 0. The quantitative estimate of drug-likeness (QED) is 0.675. The van der Waals surface area contributed by atoms with E-state index < -0.39 is 0 Å². The summed E-state index contributed by atoms with van der Waals surface area (Å²) < 4.78 is 0. The Balaban J connectivity index is 3.15. The Morgan fingerprint density at radius 3 is 2.62 bits per heavy atom. The minimum atomic E-state index is 0.124. The molecule has 0 saturated carbocycles. The summed E-state index contributed by atoms with van der Waals surface area (Å²) in [7, 11) is 5.71. The van der Waals surface area contributed by atoms with Crippen LogP contribution in [0.3, 0.4) is 0 Å². The molecule has 0 fully saturated rings. The standard InChI is InChI=1S/C11H13BO/c1-7(2)8(3)9-5-4-6-10(13)11(9)12/h4-7,13H,3H2,1-2H3. The first-order valence-corrected chi connectivity index (χ1v) is 4.30. The normalized spacial score (nSPS) is 10.4. The van der Waals surface area contributed by atoms with Crippen molar-refractivity contribution in [2.45, 2.75) is 13.8 Å². The molecule has 1 aromatic rings. The predicted octanol–water partition coefficient (Wildman–Crippen LogP) is 1.86. The van der Waals surface area contributed by atoms with Crippen molar-refractivity contribution in [1.29, 1.82) is 0 Å². The van der Waals surface area contributed by atoms with Crippen molar-refractivity contribution < 1.29 is 5.11 Å². The van der Waals surface area contributed by atoms with Crippen molar-refractivity contribution in [2.75, 3.05) is 0 Å². The van der Waals surface area contributed by atoms with Crippen LogP contribution in [0.15, 0.2) is 24.8 Å². The molecular weight excluding hydrogens is 159 g/mol. The highest BCUT2D eigenvalue weighted by atomic mass is 16.3. The molecule has 13 heavy (non-hydrogen) atoms. The number of hydrogen-bond donors (Lipinski definition) is 1. The van der Waals surface area contributed by atoms with Gasteiger partial charge in [0.1, 0.15) is 13.6 Å². The van der Waals surface area contributed by atoms with Gasteiger partial charge in [-0.1, -0.05) is 32.6 Å². The van der Waals surface area contributed by atoms with Gasteiger partial charge in [-0.3, -0.25) is 0 Å². The van der Waals surface area contributed by atoms with Gasteiger partial charge in [-0.25, -0.2) is 0 Å². The highest BCUT2D eigenvalue weighted by Gasteiger charge is 2.07. The van der Waals surface area contributed by atoms with E-state index >= 15 is 0 Å². The summed E-state index contributed by atoms with van der Waals surface area (Å²) in [6.07, 6.45) is 0. The maximum absolute atomic E-state index is 9.36. The van der Waals surface area contributed by atoms with Gasteiger partial charge in [-0.2, -0.15) is 0 Å². The average molecular weight is 172 g/mol. The lowest BCUT2D eigenvalue weighted by Crippen LogP contribution is -2.11. The van der Waals surface area contributed by atoms with Gasteiger partial charge in [-0.15, -0.1) is 0 Å². The molecule has 0 saturated heterocycles. The van der Waals surface area contributed by atoms with E-state index in [0.717, 1.165) is 11.1 Å². The van der Waals surface area contributed by atoms with Gasteiger partial charge in [0.15, 0.2) is 0 Å². The predicted molar refractivity (Wildman–Crippen MR) is 57.4 cm³/mol. The Bertz CT molecular complexity index is 329. The number of rotatable bonds is 2. The van der Waals surface area contributed by atoms with Crippen molar-refractivity contribution in [3.63, 3.8) is 0 Å². The summed E-state index contributed by atoms with van der Waals surface area (Å²) in [6.45, 7) is 8.03. The first kappa shape index (κ1) is 9.91. The fourth-order valence-electron chi connectivity index (χ4n) is 1.14. The average Bonchev–Trinajstić information content (AvgIpc) is 2.08. The lowest BCUT2D eigenvalue weighted by Gasteiger charge is -2.13. The Kier molecular flexibility index (Phi) is 2.81. The topological polar surface area (TPSA) is 20.2 Å². The van der Waals surface area contributed by atoms with Crippen LogP contribution in [0.4, 0.5) is 0 Å². The van der Waals surface area contributed by atoms with Gasteiger partial charge in [-0.05, 0) is 28.6 Å². The molecule has 0 aliphatic carbocycles. The largest absolute Gasteiger partial charge is 0.509 e. The number of allylic oxidation sites excluding steroid dienone is 1. The first-order chi connectivity index (χ1) is 6.04.